The molecule has 10 nitrogen and oxygen atoms in total. The summed E-state index contributed by atoms with van der Waals surface area (Å²) in [6.45, 7) is 1.90. The van der Waals surface area contributed by atoms with Gasteiger partial charge < -0.3 is 18.9 Å². The number of nitrogens with one attached hydrogen (secondary N) is 1. The van der Waals surface area contributed by atoms with E-state index in [-0.39, 0.29) is 29.4 Å². The van der Waals surface area contributed by atoms with Crippen molar-refractivity contribution in [1.29, 1.82) is 0 Å². The second-order valence-electron chi connectivity index (χ2n) is 8.16. The maximum atomic E-state index is 13.1. The highest BCUT2D eigenvalue weighted by molar-refractivity contribution is 6.39. The molecule has 0 bridgehead atoms. The number of anilines is 1. The minimum atomic E-state index is -0.832. The van der Waals surface area contributed by atoms with Crippen LogP contribution in [-0.2, 0) is 9.59 Å². The SMILES string of the molecule is COc1cc(/C=C2\C(=O)NC(=O)N(c3cccc(C)c3)C2=O)ccc1OC(=O)c1ccc2c(c1)OCO2. The Labute approximate surface area is 211 Å². The summed E-state index contributed by atoms with van der Waals surface area (Å²) in [7, 11) is 1.39. The molecular weight excluding hydrogens is 480 g/mol. The summed E-state index contributed by atoms with van der Waals surface area (Å²) in [4.78, 5) is 51.6. The summed E-state index contributed by atoms with van der Waals surface area (Å²) < 4.78 is 21.4. The van der Waals surface area contributed by atoms with E-state index in [0.717, 1.165) is 10.5 Å². The number of benzene rings is 3. The average molecular weight is 500 g/mol. The zero-order chi connectivity index (χ0) is 26.1. The molecule has 1 saturated heterocycles. The minimum absolute atomic E-state index is 0.0794. The highest BCUT2D eigenvalue weighted by Gasteiger charge is 2.36. The predicted octanol–water partition coefficient (Wildman–Crippen LogP) is 3.62. The van der Waals surface area contributed by atoms with E-state index in [1.807, 2.05) is 13.0 Å². The van der Waals surface area contributed by atoms with E-state index in [0.29, 0.717) is 22.7 Å². The Kier molecular flexibility index (Phi) is 6.06. The van der Waals surface area contributed by atoms with Gasteiger partial charge in [-0.3, -0.25) is 14.9 Å². The Bertz CT molecular complexity index is 1490. The summed E-state index contributed by atoms with van der Waals surface area (Å²) in [6.07, 6.45) is 1.33. The second-order valence-corrected chi connectivity index (χ2v) is 8.16. The first-order valence-electron chi connectivity index (χ1n) is 11.1. The fraction of sp³-hybridized carbons (Fsp3) is 0.111. The molecule has 0 unspecified atom stereocenters. The molecule has 0 aromatic heterocycles. The quantitative estimate of drug-likeness (QED) is 0.244. The Balaban J connectivity index is 1.40. The number of urea groups is 1. The minimum Gasteiger partial charge on any atom is -0.493 e. The number of amides is 4. The molecule has 1 N–H and O–H groups in total. The van der Waals surface area contributed by atoms with Gasteiger partial charge in [0, 0.05) is 0 Å². The van der Waals surface area contributed by atoms with Crippen LogP contribution in [0.25, 0.3) is 6.08 Å². The number of aryl methyl sites for hydroxylation is 1. The first-order valence-corrected chi connectivity index (χ1v) is 11.1. The van der Waals surface area contributed by atoms with Gasteiger partial charge in [0.25, 0.3) is 11.8 Å². The van der Waals surface area contributed by atoms with Crippen molar-refractivity contribution in [2.45, 2.75) is 6.92 Å². The molecule has 0 saturated carbocycles. The maximum absolute atomic E-state index is 13.1. The van der Waals surface area contributed by atoms with E-state index in [1.165, 1.54) is 31.4 Å². The summed E-state index contributed by atoms with van der Waals surface area (Å²) in [5, 5.41) is 2.19. The van der Waals surface area contributed by atoms with Gasteiger partial charge in [-0.05, 0) is 66.6 Å². The van der Waals surface area contributed by atoms with Crippen molar-refractivity contribution in [3.05, 3.63) is 82.9 Å². The van der Waals surface area contributed by atoms with Crippen molar-refractivity contribution < 1.29 is 38.1 Å². The van der Waals surface area contributed by atoms with Gasteiger partial charge in [-0.25, -0.2) is 14.5 Å². The summed E-state index contributed by atoms with van der Waals surface area (Å²) >= 11 is 0. The molecule has 186 valence electrons. The number of hydrogen-bond donors (Lipinski definition) is 1. The van der Waals surface area contributed by atoms with E-state index in [4.69, 9.17) is 18.9 Å². The molecule has 5 rings (SSSR count). The van der Waals surface area contributed by atoms with Crippen LogP contribution in [0.3, 0.4) is 0 Å². The van der Waals surface area contributed by atoms with Gasteiger partial charge in [-0.1, -0.05) is 18.2 Å². The Morgan fingerprint density at radius 2 is 1.78 bits per heavy atom. The third-order valence-electron chi connectivity index (χ3n) is 5.67. The molecule has 2 aliphatic rings. The number of hydrogen-bond acceptors (Lipinski definition) is 8. The fourth-order valence-corrected chi connectivity index (χ4v) is 3.87. The summed E-state index contributed by atoms with van der Waals surface area (Å²) in [6, 6.07) is 15.2. The van der Waals surface area contributed by atoms with Crippen LogP contribution >= 0.6 is 0 Å². The molecule has 0 radical (unpaired) electrons. The Hall–Kier alpha value is -5.12. The van der Waals surface area contributed by atoms with Crippen LogP contribution in [0, 0.1) is 6.92 Å². The molecule has 10 heteroatoms. The summed E-state index contributed by atoms with van der Waals surface area (Å²) in [5.74, 6) is -0.931. The van der Waals surface area contributed by atoms with E-state index in [2.05, 4.69) is 5.32 Å². The van der Waals surface area contributed by atoms with Crippen molar-refractivity contribution in [3.63, 3.8) is 0 Å². The fourth-order valence-electron chi connectivity index (χ4n) is 3.87. The average Bonchev–Trinajstić information content (AvgIpc) is 3.35. The van der Waals surface area contributed by atoms with Gasteiger partial charge in [0.1, 0.15) is 5.57 Å². The molecule has 2 heterocycles. The highest BCUT2D eigenvalue weighted by Crippen LogP contribution is 2.34. The zero-order valence-corrected chi connectivity index (χ0v) is 19.8. The van der Waals surface area contributed by atoms with E-state index >= 15 is 0 Å². The number of barbiturate groups is 1. The standard InChI is InChI=1S/C27H20N2O8/c1-15-4-3-5-18(10-15)29-25(31)19(24(30)28-27(29)33)11-16-6-8-21(22(12-16)34-2)37-26(32)17-7-9-20-23(13-17)36-14-35-20/h3-13H,14H2,1-2H3,(H,28,30,33)/b19-11+. The lowest BCUT2D eigenvalue weighted by Gasteiger charge is -2.26. The van der Waals surface area contributed by atoms with Crippen LogP contribution in [0.15, 0.2) is 66.2 Å². The molecule has 3 aromatic rings. The van der Waals surface area contributed by atoms with E-state index < -0.39 is 23.8 Å². The van der Waals surface area contributed by atoms with E-state index in [1.54, 1.807) is 36.4 Å². The number of ether oxygens (including phenoxy) is 4. The largest absolute Gasteiger partial charge is 0.493 e. The Morgan fingerprint density at radius 1 is 0.973 bits per heavy atom. The number of imide groups is 2. The number of carbonyl (C=O) groups excluding carboxylic acids is 4. The summed E-state index contributed by atoms with van der Waals surface area (Å²) in [5.41, 5.74) is 1.60. The van der Waals surface area contributed by atoms with Crippen LogP contribution in [0.4, 0.5) is 10.5 Å². The molecule has 3 aromatic carbocycles. The number of nitrogens with zero attached hydrogens (tertiary/aromatic N) is 1. The Morgan fingerprint density at radius 3 is 2.57 bits per heavy atom. The number of methoxy groups -OCH3 is 1. The van der Waals surface area contributed by atoms with Crippen LogP contribution in [0.2, 0.25) is 0 Å². The normalized spacial score (nSPS) is 15.6. The van der Waals surface area contributed by atoms with E-state index in [9.17, 15) is 19.2 Å². The third-order valence-corrected chi connectivity index (χ3v) is 5.67. The lowest BCUT2D eigenvalue weighted by molar-refractivity contribution is -0.122. The number of fused-ring (bicyclic) bond motifs is 1. The molecule has 37 heavy (non-hydrogen) atoms. The first-order chi connectivity index (χ1) is 17.8. The first kappa shape index (κ1) is 23.6. The van der Waals surface area contributed by atoms with Gasteiger partial charge in [-0.2, -0.15) is 0 Å². The topological polar surface area (TPSA) is 120 Å². The highest BCUT2D eigenvalue weighted by atomic mass is 16.7. The smallest absolute Gasteiger partial charge is 0.343 e. The van der Waals surface area contributed by atoms with Gasteiger partial charge in [-0.15, -0.1) is 0 Å². The molecule has 1 fully saturated rings. The van der Waals surface area contributed by atoms with Crippen molar-refractivity contribution in [2.75, 3.05) is 18.8 Å². The van der Waals surface area contributed by atoms with Crippen LogP contribution in [0.1, 0.15) is 21.5 Å². The second kappa shape index (κ2) is 9.50. The molecule has 0 spiro atoms. The van der Waals surface area contributed by atoms with Gasteiger partial charge in [0.2, 0.25) is 6.79 Å². The predicted molar refractivity (Wildman–Crippen MR) is 131 cm³/mol. The molecule has 2 aliphatic heterocycles. The van der Waals surface area contributed by atoms with Crippen LogP contribution < -0.4 is 29.2 Å². The third kappa shape index (κ3) is 4.59. The lowest BCUT2D eigenvalue weighted by atomic mass is 10.1. The van der Waals surface area contributed by atoms with Crippen molar-refractivity contribution >= 4 is 35.6 Å². The van der Waals surface area contributed by atoms with Gasteiger partial charge >= 0.3 is 12.0 Å². The molecular formula is C27H20N2O8. The molecule has 0 atom stereocenters. The van der Waals surface area contributed by atoms with Crippen molar-refractivity contribution in [3.8, 4) is 23.0 Å². The zero-order valence-electron chi connectivity index (χ0n) is 19.8. The van der Waals surface area contributed by atoms with Gasteiger partial charge in [0.15, 0.2) is 23.0 Å². The lowest BCUT2D eigenvalue weighted by Crippen LogP contribution is -2.54. The number of carbonyl (C=O) groups is 4. The number of esters is 1. The molecule has 0 aliphatic carbocycles. The van der Waals surface area contributed by atoms with Crippen molar-refractivity contribution in [2.24, 2.45) is 0 Å². The molecule has 4 amide bonds. The number of rotatable bonds is 5. The van der Waals surface area contributed by atoms with Crippen LogP contribution in [-0.4, -0.2) is 37.7 Å². The maximum Gasteiger partial charge on any atom is 0.343 e. The van der Waals surface area contributed by atoms with Crippen molar-refractivity contribution in [1.82, 2.24) is 5.32 Å². The van der Waals surface area contributed by atoms with Gasteiger partial charge in [0.05, 0.1) is 18.4 Å². The monoisotopic (exact) mass is 500 g/mol. The van der Waals surface area contributed by atoms with Crippen LogP contribution in [0.5, 0.6) is 23.0 Å².